The third-order valence-corrected chi connectivity index (χ3v) is 7.43. The second-order valence-electron chi connectivity index (χ2n) is 9.71. The van der Waals surface area contributed by atoms with E-state index in [-0.39, 0.29) is 18.2 Å². The standard InChI is InChI=1S/C33H29ClN4O/c1-23-12-14-24(15-13-23)21-38-22-30(27-9-2-3-11-31(27)38)29(28-10-6-7-25(20-35)33(28)34)19-32(39)37-18-16-26-8-4-5-17-36-26/h2-15,17,22,29H,16,18-19,21H2,1H3,(H,37,39)/t29-/m1/s1. The lowest BCUT2D eigenvalue weighted by Crippen LogP contribution is -2.27. The van der Waals surface area contributed by atoms with Gasteiger partial charge in [-0.3, -0.25) is 9.78 Å². The van der Waals surface area contributed by atoms with E-state index in [1.807, 2.05) is 42.5 Å². The van der Waals surface area contributed by atoms with Crippen molar-refractivity contribution < 1.29 is 4.79 Å². The summed E-state index contributed by atoms with van der Waals surface area (Å²) in [5.74, 6) is -0.408. The zero-order valence-corrected chi connectivity index (χ0v) is 22.5. The van der Waals surface area contributed by atoms with Gasteiger partial charge >= 0.3 is 0 Å². The van der Waals surface area contributed by atoms with Gasteiger partial charge in [0.25, 0.3) is 0 Å². The van der Waals surface area contributed by atoms with Crippen LogP contribution in [0, 0.1) is 18.3 Å². The number of carbonyl (C=O) groups is 1. The number of carbonyl (C=O) groups excluding carboxylic acids is 1. The van der Waals surface area contributed by atoms with Crippen molar-refractivity contribution in [3.63, 3.8) is 0 Å². The Morgan fingerprint density at radius 2 is 1.79 bits per heavy atom. The summed E-state index contributed by atoms with van der Waals surface area (Å²) in [4.78, 5) is 17.6. The molecule has 0 saturated carbocycles. The molecule has 6 heteroatoms. The molecular formula is C33H29ClN4O. The van der Waals surface area contributed by atoms with Crippen LogP contribution in [-0.2, 0) is 17.8 Å². The molecule has 1 N–H and O–H groups in total. The number of aromatic nitrogens is 2. The summed E-state index contributed by atoms with van der Waals surface area (Å²) in [5, 5.41) is 14.1. The second-order valence-corrected chi connectivity index (χ2v) is 10.1. The number of halogens is 1. The van der Waals surface area contributed by atoms with Gasteiger partial charge in [-0.05, 0) is 47.9 Å². The van der Waals surface area contributed by atoms with Gasteiger partial charge in [0, 0.05) is 60.8 Å². The van der Waals surface area contributed by atoms with Crippen LogP contribution in [0.3, 0.4) is 0 Å². The Labute approximate surface area is 233 Å². The number of nitrogens with one attached hydrogen (secondary N) is 1. The molecule has 0 bridgehead atoms. The Kier molecular flexibility index (Phi) is 8.05. The highest BCUT2D eigenvalue weighted by Gasteiger charge is 2.25. The van der Waals surface area contributed by atoms with Crippen molar-refractivity contribution in [3.05, 3.63) is 136 Å². The molecule has 1 amide bonds. The largest absolute Gasteiger partial charge is 0.356 e. The van der Waals surface area contributed by atoms with Gasteiger partial charge in [0.2, 0.25) is 5.91 Å². The Bertz CT molecular complexity index is 1630. The van der Waals surface area contributed by atoms with Crippen molar-refractivity contribution >= 4 is 28.4 Å². The van der Waals surface area contributed by atoms with Crippen LogP contribution in [0.15, 0.2) is 97.3 Å². The molecule has 0 saturated heterocycles. The third kappa shape index (κ3) is 6.03. The van der Waals surface area contributed by atoms with Crippen LogP contribution in [0.1, 0.15) is 45.8 Å². The number of hydrogen-bond donors (Lipinski definition) is 1. The predicted octanol–water partition coefficient (Wildman–Crippen LogP) is 6.80. The number of pyridine rings is 1. The molecular weight excluding hydrogens is 504 g/mol. The zero-order valence-electron chi connectivity index (χ0n) is 21.8. The van der Waals surface area contributed by atoms with Crippen LogP contribution in [0.2, 0.25) is 5.02 Å². The first-order valence-corrected chi connectivity index (χ1v) is 13.4. The van der Waals surface area contributed by atoms with Gasteiger partial charge in [-0.15, -0.1) is 0 Å². The number of para-hydroxylation sites is 1. The molecule has 5 aromatic rings. The van der Waals surface area contributed by atoms with Crippen molar-refractivity contribution in [1.82, 2.24) is 14.9 Å². The van der Waals surface area contributed by atoms with E-state index in [4.69, 9.17) is 11.6 Å². The molecule has 5 nitrogen and oxygen atoms in total. The van der Waals surface area contributed by atoms with Crippen molar-refractivity contribution in [2.75, 3.05) is 6.54 Å². The lowest BCUT2D eigenvalue weighted by Gasteiger charge is -2.19. The Hall–Kier alpha value is -4.40. The third-order valence-electron chi connectivity index (χ3n) is 7.01. The van der Waals surface area contributed by atoms with Crippen LogP contribution in [0.25, 0.3) is 10.9 Å². The van der Waals surface area contributed by atoms with E-state index in [1.165, 1.54) is 11.1 Å². The van der Waals surface area contributed by atoms with Crippen molar-refractivity contribution in [2.45, 2.75) is 32.2 Å². The van der Waals surface area contributed by atoms with Gasteiger partial charge in [-0.25, -0.2) is 0 Å². The topological polar surface area (TPSA) is 70.7 Å². The van der Waals surface area contributed by atoms with E-state index >= 15 is 0 Å². The first-order chi connectivity index (χ1) is 19.0. The molecule has 2 aromatic heterocycles. The Morgan fingerprint density at radius 3 is 2.56 bits per heavy atom. The molecule has 3 aromatic carbocycles. The fourth-order valence-electron chi connectivity index (χ4n) is 5.00. The van der Waals surface area contributed by atoms with Gasteiger partial charge in [-0.1, -0.05) is 77.8 Å². The number of benzene rings is 3. The summed E-state index contributed by atoms with van der Waals surface area (Å²) >= 11 is 6.75. The normalized spacial score (nSPS) is 11.7. The quantitative estimate of drug-likeness (QED) is 0.227. The fourth-order valence-corrected chi connectivity index (χ4v) is 5.30. The zero-order chi connectivity index (χ0) is 27.2. The molecule has 1 atom stereocenters. The van der Waals surface area contributed by atoms with E-state index < -0.39 is 0 Å². The highest BCUT2D eigenvalue weighted by Crippen LogP contribution is 2.39. The lowest BCUT2D eigenvalue weighted by molar-refractivity contribution is -0.121. The second kappa shape index (κ2) is 12.0. The summed E-state index contributed by atoms with van der Waals surface area (Å²) in [6.45, 7) is 3.28. The minimum absolute atomic E-state index is 0.0790. The lowest BCUT2D eigenvalue weighted by atomic mass is 9.87. The number of amides is 1. The van der Waals surface area contributed by atoms with Crippen LogP contribution >= 0.6 is 11.6 Å². The minimum atomic E-state index is -0.329. The van der Waals surface area contributed by atoms with E-state index in [0.717, 1.165) is 27.7 Å². The van der Waals surface area contributed by atoms with Crippen molar-refractivity contribution in [3.8, 4) is 6.07 Å². The molecule has 0 aliphatic rings. The molecule has 0 fully saturated rings. The SMILES string of the molecule is Cc1ccc(Cn2cc([C@H](CC(=O)NCCc3ccccn3)c3cccc(C#N)c3Cl)c3ccccc32)cc1. The monoisotopic (exact) mass is 532 g/mol. The van der Waals surface area contributed by atoms with E-state index in [0.29, 0.717) is 30.1 Å². The van der Waals surface area contributed by atoms with Crippen LogP contribution in [-0.4, -0.2) is 22.0 Å². The number of nitrogens with zero attached hydrogens (tertiary/aromatic N) is 3. The van der Waals surface area contributed by atoms with Crippen LogP contribution in [0.4, 0.5) is 0 Å². The van der Waals surface area contributed by atoms with E-state index in [9.17, 15) is 10.1 Å². The Balaban J connectivity index is 1.50. The maximum atomic E-state index is 13.3. The number of nitriles is 1. The maximum Gasteiger partial charge on any atom is 0.220 e. The Morgan fingerprint density at radius 1 is 1.00 bits per heavy atom. The molecule has 0 aliphatic heterocycles. The summed E-state index contributed by atoms with van der Waals surface area (Å²) in [5.41, 5.74) is 6.61. The van der Waals surface area contributed by atoms with E-state index in [1.54, 1.807) is 12.3 Å². The van der Waals surface area contributed by atoms with Gasteiger partial charge in [0.1, 0.15) is 6.07 Å². The molecule has 0 unspecified atom stereocenters. The molecule has 2 heterocycles. The smallest absolute Gasteiger partial charge is 0.220 e. The summed E-state index contributed by atoms with van der Waals surface area (Å²) in [6, 6.07) is 30.2. The molecule has 194 valence electrons. The fraction of sp³-hybridized carbons (Fsp3) is 0.182. The summed E-state index contributed by atoms with van der Waals surface area (Å²) in [7, 11) is 0. The highest BCUT2D eigenvalue weighted by atomic mass is 35.5. The van der Waals surface area contributed by atoms with Gasteiger partial charge in [0.15, 0.2) is 0 Å². The number of hydrogen-bond acceptors (Lipinski definition) is 3. The first-order valence-electron chi connectivity index (χ1n) is 13.0. The molecule has 0 spiro atoms. The van der Waals surface area contributed by atoms with Crippen molar-refractivity contribution in [2.24, 2.45) is 0 Å². The minimum Gasteiger partial charge on any atom is -0.356 e. The molecule has 0 radical (unpaired) electrons. The van der Waals surface area contributed by atoms with Crippen LogP contribution in [0.5, 0.6) is 0 Å². The molecule has 0 aliphatic carbocycles. The number of fused-ring (bicyclic) bond motifs is 1. The van der Waals surface area contributed by atoms with Crippen molar-refractivity contribution in [1.29, 1.82) is 5.26 Å². The number of aryl methyl sites for hydroxylation is 1. The predicted molar refractivity (Wildman–Crippen MR) is 156 cm³/mol. The van der Waals surface area contributed by atoms with Gasteiger partial charge < -0.3 is 9.88 Å². The average Bonchev–Trinajstić information content (AvgIpc) is 3.32. The summed E-state index contributed by atoms with van der Waals surface area (Å²) < 4.78 is 2.23. The van der Waals surface area contributed by atoms with Gasteiger partial charge in [-0.2, -0.15) is 5.26 Å². The highest BCUT2D eigenvalue weighted by molar-refractivity contribution is 6.32. The average molecular weight is 533 g/mol. The van der Waals surface area contributed by atoms with Crippen LogP contribution < -0.4 is 5.32 Å². The maximum absolute atomic E-state index is 13.3. The van der Waals surface area contributed by atoms with E-state index in [2.05, 4.69) is 70.5 Å². The number of rotatable bonds is 9. The first kappa shape index (κ1) is 26.2. The molecule has 5 rings (SSSR count). The molecule has 39 heavy (non-hydrogen) atoms. The summed E-state index contributed by atoms with van der Waals surface area (Å²) in [6.07, 6.45) is 4.74. The van der Waals surface area contributed by atoms with Gasteiger partial charge in [0.05, 0.1) is 10.6 Å².